The minimum absolute atomic E-state index is 0. The first-order chi connectivity index (χ1) is 8.09. The van der Waals surface area contributed by atoms with Gasteiger partial charge in [-0.1, -0.05) is 6.07 Å². The number of nitrogens with one attached hydrogen (secondary N) is 1. The molecule has 1 atom stereocenters. The van der Waals surface area contributed by atoms with Crippen LogP contribution in [0.5, 0.6) is 0 Å². The number of nitrogens with zero attached hydrogens (tertiary/aromatic N) is 1. The normalized spacial score (nSPS) is 19.3. The lowest BCUT2D eigenvalue weighted by Gasteiger charge is -2.34. The van der Waals surface area contributed by atoms with Crippen LogP contribution in [0.3, 0.4) is 0 Å². The molecule has 0 radical (unpaired) electrons. The van der Waals surface area contributed by atoms with Gasteiger partial charge in [-0.25, -0.2) is 0 Å². The molecule has 5 heteroatoms. The average Bonchev–Trinajstić information content (AvgIpc) is 2.32. The van der Waals surface area contributed by atoms with Crippen LogP contribution < -0.4 is 5.32 Å². The van der Waals surface area contributed by atoms with E-state index in [0.29, 0.717) is 0 Å². The fourth-order valence-corrected chi connectivity index (χ4v) is 2.55. The van der Waals surface area contributed by atoms with E-state index in [9.17, 15) is 4.79 Å². The number of piperazine rings is 1. The summed E-state index contributed by atoms with van der Waals surface area (Å²) in [5.74, 6) is 0.150. The predicted octanol–water partition coefficient (Wildman–Crippen LogP) is 2.46. The number of halogens is 2. The molecule has 0 spiro atoms. The number of hydrogen-bond donors (Lipinski definition) is 1. The summed E-state index contributed by atoms with van der Waals surface area (Å²) in [6.45, 7) is 6.71. The summed E-state index contributed by atoms with van der Waals surface area (Å²) in [7, 11) is 0. The van der Waals surface area contributed by atoms with E-state index in [1.165, 1.54) is 5.56 Å². The van der Waals surface area contributed by atoms with Crippen LogP contribution in [0.25, 0.3) is 0 Å². The van der Waals surface area contributed by atoms with Gasteiger partial charge in [-0.2, -0.15) is 0 Å². The molecule has 1 aliphatic heterocycles. The number of rotatable bonds is 1. The van der Waals surface area contributed by atoms with Crippen LogP contribution in [0.4, 0.5) is 0 Å². The Hall–Kier alpha value is -0.330. The first-order valence-electron chi connectivity index (χ1n) is 5.87. The van der Waals surface area contributed by atoms with Gasteiger partial charge in [0.05, 0.1) is 0 Å². The van der Waals surface area contributed by atoms with Crippen molar-refractivity contribution in [2.75, 3.05) is 19.6 Å². The van der Waals surface area contributed by atoms with Crippen molar-refractivity contribution in [1.29, 1.82) is 0 Å². The molecule has 1 aromatic rings. The molecule has 1 saturated heterocycles. The van der Waals surface area contributed by atoms with Gasteiger partial charge in [0.15, 0.2) is 0 Å². The van der Waals surface area contributed by atoms with E-state index in [1.54, 1.807) is 0 Å². The molecule has 0 unspecified atom stereocenters. The van der Waals surface area contributed by atoms with Crippen LogP contribution in [0.15, 0.2) is 18.2 Å². The fraction of sp³-hybridized carbons (Fsp3) is 0.462. The minimum atomic E-state index is 0. The molecule has 3 nitrogen and oxygen atoms in total. The molecule has 1 heterocycles. The maximum Gasteiger partial charge on any atom is 0.254 e. The molecule has 1 fully saturated rings. The summed E-state index contributed by atoms with van der Waals surface area (Å²) in [6.07, 6.45) is 0. The van der Waals surface area contributed by atoms with Crippen molar-refractivity contribution < 1.29 is 4.79 Å². The molecule has 100 valence electrons. The Morgan fingerprint density at radius 1 is 1.50 bits per heavy atom. The Balaban J connectivity index is 0.00000162. The van der Waals surface area contributed by atoms with Gasteiger partial charge in [-0.15, -0.1) is 12.4 Å². The van der Waals surface area contributed by atoms with E-state index in [1.807, 2.05) is 23.1 Å². The summed E-state index contributed by atoms with van der Waals surface area (Å²) in [5.41, 5.74) is 2.02. The molecule has 0 saturated carbocycles. The highest BCUT2D eigenvalue weighted by molar-refractivity contribution is 14.1. The molecule has 1 N–H and O–H groups in total. The SMILES string of the molecule is Cc1ccc(C(=O)N2CCNC[C@H]2C)cc1I.Cl. The molecule has 18 heavy (non-hydrogen) atoms. The molecule has 0 aliphatic carbocycles. The lowest BCUT2D eigenvalue weighted by Crippen LogP contribution is -2.52. The number of amides is 1. The second-order valence-corrected chi connectivity index (χ2v) is 5.68. The standard InChI is InChI=1S/C13H17IN2O.ClH/c1-9-3-4-11(7-12(9)14)13(17)16-6-5-15-8-10(16)2;/h3-4,7,10,15H,5-6,8H2,1-2H3;1H/t10-;/m1./s1. The second-order valence-electron chi connectivity index (χ2n) is 4.52. The zero-order chi connectivity index (χ0) is 12.4. The zero-order valence-electron chi connectivity index (χ0n) is 10.6. The fourth-order valence-electron chi connectivity index (χ4n) is 2.03. The highest BCUT2D eigenvalue weighted by atomic mass is 127. The predicted molar refractivity (Wildman–Crippen MR) is 84.5 cm³/mol. The maximum absolute atomic E-state index is 12.4. The Labute approximate surface area is 128 Å². The van der Waals surface area contributed by atoms with Crippen LogP contribution in [-0.2, 0) is 0 Å². The van der Waals surface area contributed by atoms with Crippen molar-refractivity contribution in [3.05, 3.63) is 32.9 Å². The van der Waals surface area contributed by atoms with Crippen LogP contribution in [-0.4, -0.2) is 36.5 Å². The topological polar surface area (TPSA) is 32.3 Å². The Morgan fingerprint density at radius 2 is 2.22 bits per heavy atom. The molecule has 1 aliphatic rings. The van der Waals surface area contributed by atoms with E-state index in [4.69, 9.17) is 0 Å². The summed E-state index contributed by atoms with van der Waals surface area (Å²) in [6, 6.07) is 6.19. The molecule has 1 aromatic carbocycles. The van der Waals surface area contributed by atoms with Gasteiger partial charge in [-0.05, 0) is 54.1 Å². The number of hydrogen-bond acceptors (Lipinski definition) is 2. The highest BCUT2D eigenvalue weighted by Gasteiger charge is 2.24. The largest absolute Gasteiger partial charge is 0.333 e. The van der Waals surface area contributed by atoms with E-state index in [0.717, 1.165) is 28.8 Å². The monoisotopic (exact) mass is 380 g/mol. The van der Waals surface area contributed by atoms with Gasteiger partial charge < -0.3 is 10.2 Å². The number of carbonyl (C=O) groups is 1. The van der Waals surface area contributed by atoms with Gasteiger partial charge in [0.25, 0.3) is 5.91 Å². The Morgan fingerprint density at radius 3 is 2.83 bits per heavy atom. The van der Waals surface area contributed by atoms with Crippen LogP contribution >= 0.6 is 35.0 Å². The van der Waals surface area contributed by atoms with Crippen LogP contribution in [0.2, 0.25) is 0 Å². The summed E-state index contributed by atoms with van der Waals surface area (Å²) in [4.78, 5) is 14.3. The Kier molecular flexibility index (Phi) is 5.88. The van der Waals surface area contributed by atoms with Crippen molar-refractivity contribution in [3.63, 3.8) is 0 Å². The van der Waals surface area contributed by atoms with Crippen molar-refractivity contribution in [2.45, 2.75) is 19.9 Å². The summed E-state index contributed by atoms with van der Waals surface area (Å²) >= 11 is 2.28. The highest BCUT2D eigenvalue weighted by Crippen LogP contribution is 2.16. The number of aryl methyl sites for hydroxylation is 1. The summed E-state index contributed by atoms with van der Waals surface area (Å²) < 4.78 is 1.15. The second kappa shape index (κ2) is 6.73. The van der Waals surface area contributed by atoms with Gasteiger partial charge in [0.2, 0.25) is 0 Å². The first-order valence-corrected chi connectivity index (χ1v) is 6.95. The third-order valence-electron chi connectivity index (χ3n) is 3.18. The third-order valence-corrected chi connectivity index (χ3v) is 4.34. The van der Waals surface area contributed by atoms with Gasteiger partial charge in [-0.3, -0.25) is 4.79 Å². The van der Waals surface area contributed by atoms with Crippen molar-refractivity contribution in [3.8, 4) is 0 Å². The van der Waals surface area contributed by atoms with E-state index in [2.05, 4.69) is 41.8 Å². The quantitative estimate of drug-likeness (QED) is 0.759. The molecular weight excluding hydrogens is 363 g/mol. The smallest absolute Gasteiger partial charge is 0.254 e. The third kappa shape index (κ3) is 3.36. The molecule has 0 bridgehead atoms. The molecule has 2 rings (SSSR count). The minimum Gasteiger partial charge on any atom is -0.333 e. The van der Waals surface area contributed by atoms with Crippen LogP contribution in [0.1, 0.15) is 22.8 Å². The molecular formula is C13H18ClIN2O. The summed E-state index contributed by atoms with van der Waals surface area (Å²) in [5, 5.41) is 3.30. The average molecular weight is 381 g/mol. The van der Waals surface area contributed by atoms with E-state index < -0.39 is 0 Å². The van der Waals surface area contributed by atoms with Gasteiger partial charge in [0.1, 0.15) is 0 Å². The zero-order valence-corrected chi connectivity index (χ0v) is 13.5. The molecule has 0 aromatic heterocycles. The Bertz CT molecular complexity index is 439. The van der Waals surface area contributed by atoms with E-state index >= 15 is 0 Å². The number of carbonyl (C=O) groups excluding carboxylic acids is 1. The lowest BCUT2D eigenvalue weighted by atomic mass is 10.1. The maximum atomic E-state index is 12.4. The number of benzene rings is 1. The molecule has 1 amide bonds. The van der Waals surface area contributed by atoms with E-state index in [-0.39, 0.29) is 24.4 Å². The lowest BCUT2D eigenvalue weighted by molar-refractivity contribution is 0.0655. The van der Waals surface area contributed by atoms with Gasteiger partial charge >= 0.3 is 0 Å². The van der Waals surface area contributed by atoms with Crippen molar-refractivity contribution in [1.82, 2.24) is 10.2 Å². The van der Waals surface area contributed by atoms with Crippen LogP contribution in [0, 0.1) is 10.5 Å². The van der Waals surface area contributed by atoms with Crippen molar-refractivity contribution in [2.24, 2.45) is 0 Å². The first kappa shape index (κ1) is 15.7. The van der Waals surface area contributed by atoms with Crippen molar-refractivity contribution >= 4 is 40.9 Å². The van der Waals surface area contributed by atoms with Gasteiger partial charge in [0, 0.05) is 34.8 Å².